The topological polar surface area (TPSA) is 136 Å². The summed E-state index contributed by atoms with van der Waals surface area (Å²) in [6, 6.07) is 11.1. The fourth-order valence-electron chi connectivity index (χ4n) is 9.46. The molecular weight excluding hydrogens is 791 g/mol. The van der Waals surface area contributed by atoms with Crippen molar-refractivity contribution >= 4 is 23.2 Å². The van der Waals surface area contributed by atoms with Crippen LogP contribution in [0.25, 0.3) is 0 Å². The number of likely N-dealkylation sites (tertiary alicyclic amines) is 2. The van der Waals surface area contributed by atoms with E-state index in [0.717, 1.165) is 29.9 Å². The Balaban J connectivity index is 1.19. The number of benzene rings is 1. The van der Waals surface area contributed by atoms with Crippen LogP contribution in [0.3, 0.4) is 0 Å². The van der Waals surface area contributed by atoms with Crippen molar-refractivity contribution in [3.8, 4) is 17.6 Å². The molecule has 0 radical (unpaired) electrons. The normalized spacial score (nSPS) is 25.8. The third-order valence-electron chi connectivity index (χ3n) is 12.8. The molecule has 0 bridgehead atoms. The molecule has 1 aromatic carbocycles. The molecule has 3 aromatic rings. The summed E-state index contributed by atoms with van der Waals surface area (Å²) in [6.45, 7) is 2.24. The number of ether oxygens (including phenoxy) is 2. The predicted molar refractivity (Wildman–Crippen MR) is 198 cm³/mol. The number of nitriles is 1. The first-order valence-electron chi connectivity index (χ1n) is 19.4. The average Bonchev–Trinajstić information content (AvgIpc) is 4.10. The van der Waals surface area contributed by atoms with Crippen molar-refractivity contribution in [3.05, 3.63) is 75.7 Å². The summed E-state index contributed by atoms with van der Waals surface area (Å²) in [5.74, 6) is -1.52. The van der Waals surface area contributed by atoms with Crippen LogP contribution in [0.5, 0.6) is 11.5 Å². The Morgan fingerprint density at radius 3 is 2.38 bits per heavy atom. The summed E-state index contributed by atoms with van der Waals surface area (Å²) in [5.41, 5.74) is -6.12. The van der Waals surface area contributed by atoms with Gasteiger partial charge in [-0.2, -0.15) is 31.6 Å². The van der Waals surface area contributed by atoms with Crippen LogP contribution in [-0.4, -0.2) is 74.3 Å². The molecule has 2 unspecified atom stereocenters. The molecule has 2 aliphatic heterocycles. The third kappa shape index (κ3) is 7.29. The molecule has 1 amide bonds. The van der Waals surface area contributed by atoms with E-state index in [4.69, 9.17) is 9.47 Å². The van der Waals surface area contributed by atoms with Crippen LogP contribution < -0.4 is 9.47 Å². The van der Waals surface area contributed by atoms with E-state index in [0.29, 0.717) is 54.8 Å². The van der Waals surface area contributed by atoms with Gasteiger partial charge in [0, 0.05) is 54.6 Å². The van der Waals surface area contributed by atoms with Crippen LogP contribution in [0, 0.1) is 22.7 Å². The minimum atomic E-state index is -4.84. The summed E-state index contributed by atoms with van der Waals surface area (Å²) < 4.78 is 96.9. The summed E-state index contributed by atoms with van der Waals surface area (Å²) in [4.78, 5) is 32.8. The number of carboxylic acids is 1. The van der Waals surface area contributed by atoms with Gasteiger partial charge in [0.15, 0.2) is 0 Å². The van der Waals surface area contributed by atoms with Gasteiger partial charge in [-0.3, -0.25) is 19.5 Å². The van der Waals surface area contributed by atoms with E-state index >= 15 is 4.79 Å². The van der Waals surface area contributed by atoms with Crippen LogP contribution in [0.1, 0.15) is 98.9 Å². The van der Waals surface area contributed by atoms with E-state index < -0.39 is 68.4 Å². The lowest BCUT2D eigenvalue weighted by atomic mass is 9.72. The maximum absolute atomic E-state index is 15.3. The zero-order valence-corrected chi connectivity index (χ0v) is 32.6. The second kappa shape index (κ2) is 15.3. The number of piperidine rings is 2. The van der Waals surface area contributed by atoms with Crippen molar-refractivity contribution in [2.24, 2.45) is 11.3 Å². The minimum Gasteiger partial charge on any atom is -0.493 e. The smallest absolute Gasteiger partial charge is 0.425 e. The number of para-hydroxylation sites is 1. The Morgan fingerprint density at radius 2 is 1.78 bits per heavy atom. The number of aliphatic carboxylic acids is 1. The number of amides is 1. The Morgan fingerprint density at radius 1 is 1.05 bits per heavy atom. The Bertz CT molecular complexity index is 2060. The van der Waals surface area contributed by atoms with Crippen LogP contribution in [0.2, 0.25) is 0 Å². The summed E-state index contributed by atoms with van der Waals surface area (Å²) in [5, 5.41) is 33.2. The van der Waals surface area contributed by atoms with Crippen molar-refractivity contribution in [3.63, 3.8) is 0 Å². The summed E-state index contributed by atoms with van der Waals surface area (Å²) >= 11 is 0.396. The lowest BCUT2D eigenvalue weighted by Gasteiger charge is -2.53. The van der Waals surface area contributed by atoms with Crippen molar-refractivity contribution in [1.29, 1.82) is 5.26 Å². The number of thiophene rings is 1. The van der Waals surface area contributed by atoms with Gasteiger partial charge in [-0.15, -0.1) is 11.3 Å². The van der Waals surface area contributed by atoms with Gasteiger partial charge in [0.2, 0.25) is 5.60 Å². The van der Waals surface area contributed by atoms with Crippen LogP contribution in [0.4, 0.5) is 26.3 Å². The van der Waals surface area contributed by atoms with E-state index in [1.807, 2.05) is 6.92 Å². The van der Waals surface area contributed by atoms with Crippen molar-refractivity contribution in [2.75, 3.05) is 26.2 Å². The molecule has 4 atom stereocenters. The molecule has 2 saturated heterocycles. The van der Waals surface area contributed by atoms with Gasteiger partial charge in [0.25, 0.3) is 5.91 Å². The first-order valence-corrected chi connectivity index (χ1v) is 20.3. The minimum absolute atomic E-state index is 0.0155. The predicted octanol–water partition coefficient (Wildman–Crippen LogP) is 8.36. The molecule has 7 rings (SSSR count). The van der Waals surface area contributed by atoms with Crippen LogP contribution in [-0.2, 0) is 27.4 Å². The number of carbonyl (C=O) groups excluding carboxylic acids is 1. The molecule has 4 aliphatic rings. The van der Waals surface area contributed by atoms with E-state index in [1.54, 1.807) is 24.3 Å². The molecule has 1 spiro atoms. The number of nitrogens with zero attached hydrogens (tertiary/aromatic N) is 4. The number of carboxylic acid groups (broad SMARTS) is 1. The van der Waals surface area contributed by atoms with E-state index in [-0.39, 0.29) is 70.0 Å². The Kier molecular flexibility index (Phi) is 11.0. The van der Waals surface area contributed by atoms with Gasteiger partial charge in [0.1, 0.15) is 22.6 Å². The zero-order chi connectivity index (χ0) is 41.7. The molecular formula is C41H44F6N4O6S. The van der Waals surface area contributed by atoms with Crippen LogP contribution in [0.15, 0.2) is 54.2 Å². The molecule has 10 nitrogen and oxygen atoms in total. The number of aliphatic hydroxyl groups is 1. The fraction of sp³-hybridized carbons (Fsp3) is 0.561. The standard InChI is InChI=1S/C41H44F6N4O6S/c1-2-26-22-38(26)39(57-27-21-32(58-24-27)41(45,46)47,11-5-17-51(38)33(52)28-23-49-16-9-29(28)40(42,43)44)34(53)50-18-14-37(25-48,15-19-50)30-7-3-4-8-31(30)56-20-6-10-36(12-13-36)35(54)55/h3-4,7-9,16,21,23-24,26,33,52H,2,5-6,10-15,17-20,22H2,1H3,(H,54,55)/t26?,33?,38-,39+/m0/s1. The maximum Gasteiger partial charge on any atom is 0.425 e. The van der Waals surface area contributed by atoms with Gasteiger partial charge in [-0.25, -0.2) is 0 Å². The number of aliphatic hydroxyl groups excluding tert-OH is 1. The fourth-order valence-corrected chi connectivity index (χ4v) is 10.1. The highest BCUT2D eigenvalue weighted by Crippen LogP contribution is 2.64. The number of pyridine rings is 1. The summed E-state index contributed by atoms with van der Waals surface area (Å²) in [6.07, 6.45) is -6.13. The lowest BCUT2D eigenvalue weighted by molar-refractivity contribution is -0.182. The van der Waals surface area contributed by atoms with Crippen molar-refractivity contribution in [2.45, 2.75) is 106 Å². The second-order valence-electron chi connectivity index (χ2n) is 16.0. The zero-order valence-electron chi connectivity index (χ0n) is 31.7. The number of carbonyl (C=O) groups is 2. The van der Waals surface area contributed by atoms with Gasteiger partial charge in [-0.05, 0) is 75.8 Å². The molecule has 2 N–H and O–H groups in total. The third-order valence-corrected chi connectivity index (χ3v) is 13.8. The van der Waals surface area contributed by atoms with E-state index in [2.05, 4.69) is 11.1 Å². The van der Waals surface area contributed by atoms with Gasteiger partial charge >= 0.3 is 18.3 Å². The lowest BCUT2D eigenvalue weighted by Crippen LogP contribution is -2.70. The molecule has 312 valence electrons. The quantitative estimate of drug-likeness (QED) is 0.129. The SMILES string of the molecule is CCC1C[C@]12N(C(O)c1cnccc1C(F)(F)F)CCC[C@@]2(Oc1csc(C(F)(F)F)c1)C(=O)N1CCC(C#N)(c2ccccc2OCCCC2(C(=O)O)CC2)CC1. The Labute approximate surface area is 335 Å². The van der Waals surface area contributed by atoms with Crippen molar-refractivity contribution < 1.29 is 55.6 Å². The number of hydrogen-bond donors (Lipinski definition) is 2. The number of aromatic nitrogens is 1. The molecule has 2 aromatic heterocycles. The van der Waals surface area contributed by atoms with E-state index in [1.165, 1.54) is 9.80 Å². The molecule has 17 heteroatoms. The summed E-state index contributed by atoms with van der Waals surface area (Å²) in [7, 11) is 0. The largest absolute Gasteiger partial charge is 0.493 e. The first-order chi connectivity index (χ1) is 27.5. The average molecular weight is 835 g/mol. The first kappa shape index (κ1) is 41.7. The second-order valence-corrected chi connectivity index (χ2v) is 16.9. The molecule has 58 heavy (non-hydrogen) atoms. The highest BCUT2D eigenvalue weighted by atomic mass is 32.1. The monoisotopic (exact) mass is 834 g/mol. The molecule has 4 fully saturated rings. The van der Waals surface area contributed by atoms with Gasteiger partial charge in [-0.1, -0.05) is 31.5 Å². The van der Waals surface area contributed by atoms with Gasteiger partial charge in [0.05, 0.1) is 34.6 Å². The number of alkyl halides is 6. The number of rotatable bonds is 13. The number of hydrogen-bond acceptors (Lipinski definition) is 9. The molecule has 2 aliphatic carbocycles. The highest BCUT2D eigenvalue weighted by Gasteiger charge is 2.76. The Hall–Kier alpha value is -4.40. The van der Waals surface area contributed by atoms with E-state index in [9.17, 15) is 46.6 Å². The van der Waals surface area contributed by atoms with Crippen molar-refractivity contribution in [1.82, 2.24) is 14.8 Å². The molecule has 4 heterocycles. The van der Waals surface area contributed by atoms with Gasteiger partial charge < -0.3 is 24.6 Å². The highest BCUT2D eigenvalue weighted by molar-refractivity contribution is 7.10. The molecule has 2 saturated carbocycles. The number of halogens is 6. The maximum atomic E-state index is 15.3. The van der Waals surface area contributed by atoms with Crippen LogP contribution >= 0.6 is 11.3 Å².